The zero-order valence-corrected chi connectivity index (χ0v) is 13.7. The van der Waals surface area contributed by atoms with E-state index < -0.39 is 0 Å². The molecule has 1 aliphatic carbocycles. The van der Waals surface area contributed by atoms with Crippen molar-refractivity contribution in [2.45, 2.75) is 50.9 Å². The molecule has 1 fully saturated rings. The van der Waals surface area contributed by atoms with Crippen LogP contribution in [0, 0.1) is 0 Å². The van der Waals surface area contributed by atoms with Gasteiger partial charge in [-0.25, -0.2) is 0 Å². The predicted molar refractivity (Wildman–Crippen MR) is 89.1 cm³/mol. The molecule has 1 heterocycles. The second kappa shape index (κ2) is 6.65. The van der Waals surface area contributed by atoms with Gasteiger partial charge in [-0.2, -0.15) is 0 Å². The van der Waals surface area contributed by atoms with Crippen LogP contribution in [0.5, 0.6) is 0 Å². The number of nitrogen functional groups attached to an aromatic ring is 1. The minimum Gasteiger partial charge on any atom is -0.367 e. The number of benzene rings is 1. The minimum atomic E-state index is 0.435. The third-order valence-corrected chi connectivity index (χ3v) is 4.84. The number of anilines is 1. The van der Waals surface area contributed by atoms with Gasteiger partial charge in [0.2, 0.25) is 5.88 Å². The molecule has 2 aromatic rings. The SMILES string of the molecule is Nc1onc(C2CCCCCCC2)c1-c1cccc(Br)c1. The molecule has 0 amide bonds. The molecule has 0 saturated heterocycles. The van der Waals surface area contributed by atoms with Crippen molar-refractivity contribution < 1.29 is 4.52 Å². The Kier molecular flexibility index (Phi) is 4.63. The van der Waals surface area contributed by atoms with E-state index >= 15 is 0 Å². The number of halogens is 1. The second-order valence-corrected chi connectivity index (χ2v) is 6.78. The topological polar surface area (TPSA) is 52.0 Å². The Bertz CT molecular complexity index is 601. The molecular weight excluding hydrogens is 328 g/mol. The Morgan fingerprint density at radius 1 is 1.10 bits per heavy atom. The van der Waals surface area contributed by atoms with Gasteiger partial charge in [-0.1, -0.05) is 65.3 Å². The summed E-state index contributed by atoms with van der Waals surface area (Å²) in [6.45, 7) is 0. The molecule has 0 bridgehead atoms. The smallest absolute Gasteiger partial charge is 0.230 e. The lowest BCUT2D eigenvalue weighted by atomic mass is 9.86. The van der Waals surface area contributed by atoms with Crippen LogP contribution in [-0.2, 0) is 0 Å². The van der Waals surface area contributed by atoms with Crippen LogP contribution < -0.4 is 5.73 Å². The fourth-order valence-corrected chi connectivity index (χ4v) is 3.66. The monoisotopic (exact) mass is 348 g/mol. The van der Waals surface area contributed by atoms with Crippen LogP contribution in [0.15, 0.2) is 33.3 Å². The summed E-state index contributed by atoms with van der Waals surface area (Å²) in [6.07, 6.45) is 8.95. The van der Waals surface area contributed by atoms with E-state index in [2.05, 4.69) is 33.2 Å². The number of nitrogens with two attached hydrogens (primary N) is 1. The summed E-state index contributed by atoms with van der Waals surface area (Å²) in [7, 11) is 0. The lowest BCUT2D eigenvalue weighted by molar-refractivity contribution is 0.395. The molecule has 0 unspecified atom stereocenters. The van der Waals surface area contributed by atoms with Crippen LogP contribution in [0.1, 0.15) is 56.6 Å². The standard InChI is InChI=1S/C17H21BrN2O/c18-14-10-6-9-13(11-14)15-16(20-21-17(15)19)12-7-4-2-1-3-5-8-12/h6,9-12H,1-5,7-8,19H2. The van der Waals surface area contributed by atoms with Gasteiger partial charge in [-0.05, 0) is 30.5 Å². The molecule has 1 aliphatic rings. The molecule has 0 radical (unpaired) electrons. The molecule has 3 rings (SSSR count). The maximum Gasteiger partial charge on any atom is 0.230 e. The molecule has 4 heteroatoms. The Morgan fingerprint density at radius 3 is 2.52 bits per heavy atom. The first-order valence-corrected chi connectivity index (χ1v) is 8.56. The van der Waals surface area contributed by atoms with Crippen molar-refractivity contribution in [2.75, 3.05) is 5.73 Å². The van der Waals surface area contributed by atoms with Gasteiger partial charge in [0.05, 0.1) is 11.3 Å². The van der Waals surface area contributed by atoms with E-state index in [1.54, 1.807) is 0 Å². The van der Waals surface area contributed by atoms with Gasteiger partial charge in [0, 0.05) is 10.4 Å². The summed E-state index contributed by atoms with van der Waals surface area (Å²) < 4.78 is 6.37. The van der Waals surface area contributed by atoms with Crippen LogP contribution in [0.2, 0.25) is 0 Å². The summed E-state index contributed by atoms with van der Waals surface area (Å²) in [4.78, 5) is 0. The Labute approximate surface area is 134 Å². The highest BCUT2D eigenvalue weighted by Gasteiger charge is 2.24. The van der Waals surface area contributed by atoms with Crippen molar-refractivity contribution in [3.8, 4) is 11.1 Å². The summed E-state index contributed by atoms with van der Waals surface area (Å²) in [5.74, 6) is 0.908. The fraction of sp³-hybridized carbons (Fsp3) is 0.471. The van der Waals surface area contributed by atoms with Crippen molar-refractivity contribution in [2.24, 2.45) is 0 Å². The molecule has 0 aliphatic heterocycles. The summed E-state index contributed by atoms with van der Waals surface area (Å²) in [5, 5.41) is 4.30. The van der Waals surface area contributed by atoms with E-state index in [0.29, 0.717) is 11.8 Å². The zero-order chi connectivity index (χ0) is 14.7. The molecule has 0 spiro atoms. The molecule has 1 aromatic carbocycles. The van der Waals surface area contributed by atoms with Gasteiger partial charge in [0.15, 0.2) is 0 Å². The molecule has 0 atom stereocenters. The number of aromatic nitrogens is 1. The van der Waals surface area contributed by atoms with Gasteiger partial charge in [-0.15, -0.1) is 0 Å². The number of hydrogen-bond donors (Lipinski definition) is 1. The maximum absolute atomic E-state index is 6.06. The van der Waals surface area contributed by atoms with Gasteiger partial charge in [-0.3, -0.25) is 0 Å². The molecule has 2 N–H and O–H groups in total. The molecule has 112 valence electrons. The first-order valence-electron chi connectivity index (χ1n) is 7.76. The molecule has 21 heavy (non-hydrogen) atoms. The van der Waals surface area contributed by atoms with E-state index in [9.17, 15) is 0 Å². The average molecular weight is 349 g/mol. The van der Waals surface area contributed by atoms with Crippen LogP contribution in [-0.4, -0.2) is 5.16 Å². The van der Waals surface area contributed by atoms with Crippen molar-refractivity contribution in [1.82, 2.24) is 5.16 Å². The van der Waals surface area contributed by atoms with Gasteiger partial charge in [0.1, 0.15) is 0 Å². The van der Waals surface area contributed by atoms with Crippen LogP contribution in [0.3, 0.4) is 0 Å². The predicted octanol–water partition coefficient (Wildman–Crippen LogP) is 5.51. The first kappa shape index (κ1) is 14.6. The summed E-state index contributed by atoms with van der Waals surface area (Å²) in [6, 6.07) is 8.19. The van der Waals surface area contributed by atoms with Crippen LogP contribution >= 0.6 is 15.9 Å². The van der Waals surface area contributed by atoms with Crippen molar-refractivity contribution in [1.29, 1.82) is 0 Å². The van der Waals surface area contributed by atoms with E-state index in [1.807, 2.05) is 12.1 Å². The molecule has 1 aromatic heterocycles. The van der Waals surface area contributed by atoms with E-state index in [1.165, 1.54) is 44.9 Å². The molecular formula is C17H21BrN2O. The highest BCUT2D eigenvalue weighted by molar-refractivity contribution is 9.10. The zero-order valence-electron chi connectivity index (χ0n) is 12.1. The Morgan fingerprint density at radius 2 is 1.81 bits per heavy atom. The number of nitrogens with zero attached hydrogens (tertiary/aromatic N) is 1. The van der Waals surface area contributed by atoms with Gasteiger partial charge >= 0.3 is 0 Å². The lowest BCUT2D eigenvalue weighted by Crippen LogP contribution is -2.04. The third-order valence-electron chi connectivity index (χ3n) is 4.35. The van der Waals surface area contributed by atoms with E-state index in [-0.39, 0.29) is 0 Å². The first-order chi connectivity index (χ1) is 10.3. The maximum atomic E-state index is 6.06. The summed E-state index contributed by atoms with van der Waals surface area (Å²) in [5.41, 5.74) is 9.18. The Balaban J connectivity index is 1.96. The van der Waals surface area contributed by atoms with E-state index in [0.717, 1.165) is 21.3 Å². The molecule has 1 saturated carbocycles. The lowest BCUT2D eigenvalue weighted by Gasteiger charge is -2.18. The second-order valence-electron chi connectivity index (χ2n) is 5.86. The van der Waals surface area contributed by atoms with E-state index in [4.69, 9.17) is 10.3 Å². The quantitative estimate of drug-likeness (QED) is 0.777. The number of hydrogen-bond acceptors (Lipinski definition) is 3. The summed E-state index contributed by atoms with van der Waals surface area (Å²) >= 11 is 3.52. The van der Waals surface area contributed by atoms with Gasteiger partial charge < -0.3 is 10.3 Å². The highest BCUT2D eigenvalue weighted by atomic mass is 79.9. The minimum absolute atomic E-state index is 0.435. The van der Waals surface area contributed by atoms with Crippen molar-refractivity contribution in [3.63, 3.8) is 0 Å². The van der Waals surface area contributed by atoms with Crippen LogP contribution in [0.25, 0.3) is 11.1 Å². The third kappa shape index (κ3) is 3.31. The van der Waals surface area contributed by atoms with Crippen molar-refractivity contribution in [3.05, 3.63) is 34.4 Å². The largest absolute Gasteiger partial charge is 0.367 e. The van der Waals surface area contributed by atoms with Crippen molar-refractivity contribution >= 4 is 21.8 Å². The average Bonchev–Trinajstić information content (AvgIpc) is 2.80. The van der Waals surface area contributed by atoms with Crippen LogP contribution in [0.4, 0.5) is 5.88 Å². The fourth-order valence-electron chi connectivity index (χ4n) is 3.26. The van der Waals surface area contributed by atoms with Gasteiger partial charge in [0.25, 0.3) is 0 Å². The number of rotatable bonds is 2. The Hall–Kier alpha value is -1.29. The molecule has 3 nitrogen and oxygen atoms in total. The highest BCUT2D eigenvalue weighted by Crippen LogP contribution is 2.39. The normalized spacial score (nSPS) is 17.4.